The van der Waals surface area contributed by atoms with E-state index in [1.54, 1.807) is 6.92 Å². The Labute approximate surface area is 229 Å². The van der Waals surface area contributed by atoms with E-state index in [-0.39, 0.29) is 47.3 Å². The smallest absolute Gasteiger partial charge is 0.353 e. The highest BCUT2D eigenvalue weighted by Crippen LogP contribution is 2.48. The first-order chi connectivity index (χ1) is 18.8. The normalized spacial score (nSPS) is 32.6. The van der Waals surface area contributed by atoms with Crippen molar-refractivity contribution in [2.45, 2.75) is 68.6 Å². The molecule has 15 heteroatoms. The van der Waals surface area contributed by atoms with E-state index in [2.05, 4.69) is 36.4 Å². The van der Waals surface area contributed by atoms with Crippen molar-refractivity contribution in [3.05, 3.63) is 16.9 Å². The van der Waals surface area contributed by atoms with Crippen molar-refractivity contribution in [2.75, 3.05) is 26.2 Å². The number of likely N-dealkylation sites (tertiary alicyclic amines) is 1. The average Bonchev–Trinajstić information content (AvgIpc) is 3.70. The van der Waals surface area contributed by atoms with Crippen LogP contribution in [0.5, 0.6) is 0 Å². The van der Waals surface area contributed by atoms with Gasteiger partial charge in [0.15, 0.2) is 0 Å². The zero-order valence-electron chi connectivity index (χ0n) is 21.7. The highest BCUT2D eigenvalue weighted by Gasteiger charge is 2.57. The number of fused-ring (bicyclic) bond motifs is 2. The maximum absolute atomic E-state index is 13.3. The molecule has 4 fully saturated rings. The van der Waals surface area contributed by atoms with Gasteiger partial charge in [-0.3, -0.25) is 14.4 Å². The summed E-state index contributed by atoms with van der Waals surface area (Å²) in [4.78, 5) is 55.1. The van der Waals surface area contributed by atoms with Crippen molar-refractivity contribution in [3.8, 4) is 0 Å². The number of hydrogen-bond donors (Lipinski definition) is 4. The van der Waals surface area contributed by atoms with Crippen LogP contribution in [-0.4, -0.2) is 114 Å². The molecule has 5 aliphatic rings. The van der Waals surface area contributed by atoms with E-state index >= 15 is 0 Å². The lowest BCUT2D eigenvalue weighted by Gasteiger charge is -2.46. The molecule has 0 aliphatic carbocycles. The lowest BCUT2D eigenvalue weighted by molar-refractivity contribution is -0.157. The molecule has 39 heavy (non-hydrogen) atoms. The highest BCUT2D eigenvalue weighted by molar-refractivity contribution is 8.03. The predicted molar refractivity (Wildman–Crippen MR) is 138 cm³/mol. The summed E-state index contributed by atoms with van der Waals surface area (Å²) in [6.07, 6.45) is 4.39. The van der Waals surface area contributed by atoms with E-state index in [9.17, 15) is 24.3 Å². The fourth-order valence-electron chi connectivity index (χ4n) is 6.89. The summed E-state index contributed by atoms with van der Waals surface area (Å²) in [6.45, 7) is 4.99. The molecule has 1 aromatic heterocycles. The third-order valence-electron chi connectivity index (χ3n) is 8.68. The summed E-state index contributed by atoms with van der Waals surface area (Å²) in [5.74, 6) is -1.60. The molecule has 1 aromatic rings. The van der Waals surface area contributed by atoms with Crippen molar-refractivity contribution in [1.29, 1.82) is 0 Å². The fourth-order valence-corrected chi connectivity index (χ4v) is 8.32. The van der Waals surface area contributed by atoms with E-state index in [4.69, 9.17) is 0 Å². The summed E-state index contributed by atoms with van der Waals surface area (Å²) in [7, 11) is 0. The number of tetrazole rings is 1. The van der Waals surface area contributed by atoms with Crippen molar-refractivity contribution in [2.24, 2.45) is 11.8 Å². The monoisotopic (exact) mass is 559 g/mol. The van der Waals surface area contributed by atoms with Crippen LogP contribution < -0.4 is 16.0 Å². The number of nitrogens with zero attached hydrogens (tertiary/aromatic N) is 6. The summed E-state index contributed by atoms with van der Waals surface area (Å²) < 4.78 is 1.29. The van der Waals surface area contributed by atoms with Gasteiger partial charge < -0.3 is 30.9 Å². The third-order valence-corrected chi connectivity index (χ3v) is 10.0. The quantitative estimate of drug-likeness (QED) is 0.269. The molecule has 4 unspecified atom stereocenters. The summed E-state index contributed by atoms with van der Waals surface area (Å²) in [5, 5.41) is 30.3. The van der Waals surface area contributed by atoms with E-state index in [1.807, 2.05) is 0 Å². The van der Waals surface area contributed by atoms with Gasteiger partial charge in [-0.05, 0) is 55.6 Å². The Hall–Kier alpha value is -3.04. The molecule has 4 saturated heterocycles. The van der Waals surface area contributed by atoms with E-state index in [0.717, 1.165) is 32.5 Å². The number of carbonyl (C=O) groups is 4. The minimum Gasteiger partial charge on any atom is -0.477 e. The lowest BCUT2D eigenvalue weighted by Crippen LogP contribution is -2.64. The first-order valence-electron chi connectivity index (χ1n) is 13.5. The zero-order valence-corrected chi connectivity index (χ0v) is 22.5. The van der Waals surface area contributed by atoms with E-state index in [1.165, 1.54) is 27.7 Å². The van der Waals surface area contributed by atoms with Gasteiger partial charge in [-0.1, -0.05) is 0 Å². The van der Waals surface area contributed by atoms with Gasteiger partial charge in [0.2, 0.25) is 17.7 Å². The Morgan fingerprint density at radius 1 is 1.26 bits per heavy atom. The number of amides is 3. The Bertz CT molecular complexity index is 1190. The largest absolute Gasteiger partial charge is 0.477 e. The van der Waals surface area contributed by atoms with Crippen molar-refractivity contribution >= 4 is 35.5 Å². The standard InChI is InChI=1S/C24H33N9O5S/c1-12(28-19(34)10-31-11-27-29-30-31)20-17-7-18(21(24(37)38)33(17)23(20)36)39-14-6-15(26-9-14)22(35)32-5-3-13-8-25-4-2-16(13)32/h11-17,20,25-26H,2-10H2,1H3,(H,28,34)(H,37,38)/t12-,13?,14+,15+,16?,17?,20?/m1/s1. The van der Waals surface area contributed by atoms with Crippen LogP contribution in [0.15, 0.2) is 16.9 Å². The highest BCUT2D eigenvalue weighted by atomic mass is 32.2. The number of nitrogens with one attached hydrogen (secondary N) is 3. The van der Waals surface area contributed by atoms with Crippen LogP contribution >= 0.6 is 11.8 Å². The second-order valence-corrected chi connectivity index (χ2v) is 12.4. The van der Waals surface area contributed by atoms with Crippen LogP contribution in [0.3, 0.4) is 0 Å². The number of β-lactam (4-membered cyclic amide) rings is 1. The fraction of sp³-hybridized carbons (Fsp3) is 0.708. The number of carboxylic acid groups (broad SMARTS) is 1. The van der Waals surface area contributed by atoms with Gasteiger partial charge >= 0.3 is 5.97 Å². The number of aromatic nitrogens is 4. The Balaban J connectivity index is 1.06. The molecule has 6 rings (SSSR count). The maximum atomic E-state index is 13.3. The van der Waals surface area contributed by atoms with Crippen LogP contribution in [0.25, 0.3) is 0 Å². The summed E-state index contributed by atoms with van der Waals surface area (Å²) in [6, 6.07) is -0.752. The number of piperidine rings is 1. The lowest BCUT2D eigenvalue weighted by atomic mass is 9.82. The summed E-state index contributed by atoms with van der Waals surface area (Å²) in [5.41, 5.74) is 0.0327. The van der Waals surface area contributed by atoms with Crippen LogP contribution in [0.2, 0.25) is 0 Å². The molecule has 0 aromatic carbocycles. The molecular weight excluding hydrogens is 526 g/mol. The molecule has 210 valence electrons. The Morgan fingerprint density at radius 2 is 2.10 bits per heavy atom. The molecule has 14 nitrogen and oxygen atoms in total. The molecule has 0 saturated carbocycles. The molecule has 5 aliphatic heterocycles. The second kappa shape index (κ2) is 10.5. The molecule has 0 radical (unpaired) electrons. The Morgan fingerprint density at radius 3 is 2.87 bits per heavy atom. The molecule has 4 N–H and O–H groups in total. The first-order valence-corrected chi connectivity index (χ1v) is 14.4. The molecule has 0 spiro atoms. The van der Waals surface area contributed by atoms with Gasteiger partial charge in [0.25, 0.3) is 0 Å². The summed E-state index contributed by atoms with van der Waals surface area (Å²) >= 11 is 1.47. The van der Waals surface area contributed by atoms with E-state index in [0.29, 0.717) is 36.3 Å². The number of carboxylic acids is 1. The van der Waals surface area contributed by atoms with Crippen molar-refractivity contribution < 1.29 is 24.3 Å². The van der Waals surface area contributed by atoms with E-state index < -0.39 is 17.9 Å². The third kappa shape index (κ3) is 4.80. The SMILES string of the molecule is C[C@@H](NC(=O)Cn1cnnn1)C1C(=O)N2C(C(=O)O)=C(S[C@@H]3CN[C@H](C(=O)N4CCC5CNCCC54)C3)CC12. The van der Waals surface area contributed by atoms with Gasteiger partial charge in [0.05, 0.1) is 18.0 Å². The minimum absolute atomic E-state index is 0.0327. The molecule has 7 atom stereocenters. The predicted octanol–water partition coefficient (Wildman–Crippen LogP) is -1.62. The van der Waals surface area contributed by atoms with Crippen LogP contribution in [0.1, 0.15) is 32.6 Å². The second-order valence-electron chi connectivity index (χ2n) is 11.0. The number of thioether (sulfide) groups is 1. The van der Waals surface area contributed by atoms with Gasteiger partial charge in [-0.25, -0.2) is 9.48 Å². The average molecular weight is 560 g/mol. The molecular formula is C24H33N9O5S. The minimum atomic E-state index is -1.13. The number of aliphatic carboxylic acids is 1. The van der Waals surface area contributed by atoms with Crippen LogP contribution in [0.4, 0.5) is 0 Å². The molecule has 6 heterocycles. The van der Waals surface area contributed by atoms with Gasteiger partial charge in [0.1, 0.15) is 18.6 Å². The number of rotatable bonds is 8. The Kier molecular flexibility index (Phi) is 7.05. The van der Waals surface area contributed by atoms with Crippen molar-refractivity contribution in [1.82, 2.24) is 46.0 Å². The van der Waals surface area contributed by atoms with Crippen molar-refractivity contribution in [3.63, 3.8) is 0 Å². The zero-order chi connectivity index (χ0) is 27.3. The maximum Gasteiger partial charge on any atom is 0.353 e. The van der Waals surface area contributed by atoms with Gasteiger partial charge in [-0.15, -0.1) is 16.9 Å². The van der Waals surface area contributed by atoms with Gasteiger partial charge in [-0.2, -0.15) is 0 Å². The molecule has 0 bridgehead atoms. The topological polar surface area (TPSA) is 175 Å². The first kappa shape index (κ1) is 26.2. The van der Waals surface area contributed by atoms with Gasteiger partial charge in [0, 0.05) is 41.7 Å². The number of carbonyl (C=O) groups excluding carboxylic acids is 3. The number of hydrogen-bond acceptors (Lipinski definition) is 10. The van der Waals surface area contributed by atoms with Crippen LogP contribution in [-0.2, 0) is 25.7 Å². The molecule has 3 amide bonds. The van der Waals surface area contributed by atoms with Crippen LogP contribution in [0, 0.1) is 11.8 Å².